The summed E-state index contributed by atoms with van der Waals surface area (Å²) >= 11 is 0. The third-order valence-electron chi connectivity index (χ3n) is 5.63. The molecule has 152 valence electrons. The van der Waals surface area contributed by atoms with Crippen LogP contribution in [0.15, 0.2) is 79.1 Å². The minimum Gasteiger partial charge on any atom is -0.478 e. The molecule has 4 aromatic rings. The van der Waals surface area contributed by atoms with Crippen LogP contribution in [0, 0.1) is 0 Å². The largest absolute Gasteiger partial charge is 0.478 e. The minimum atomic E-state index is -1.04. The van der Waals surface area contributed by atoms with E-state index >= 15 is 0 Å². The van der Waals surface area contributed by atoms with Crippen LogP contribution in [-0.2, 0) is 4.74 Å². The fourth-order valence-electron chi connectivity index (χ4n) is 4.23. The van der Waals surface area contributed by atoms with Crippen molar-refractivity contribution in [1.82, 2.24) is 4.98 Å². The highest BCUT2D eigenvalue weighted by atomic mass is 16.5. The summed E-state index contributed by atoms with van der Waals surface area (Å²) in [6, 6.07) is 20.9. The molecule has 1 aromatic heterocycles. The van der Waals surface area contributed by atoms with Gasteiger partial charge in [-0.15, -0.1) is 0 Å². The van der Waals surface area contributed by atoms with Crippen molar-refractivity contribution >= 4 is 28.5 Å². The molecule has 6 nitrogen and oxygen atoms in total. The first-order valence-corrected chi connectivity index (χ1v) is 9.85. The van der Waals surface area contributed by atoms with Gasteiger partial charge in [-0.1, -0.05) is 48.5 Å². The lowest BCUT2D eigenvalue weighted by Crippen LogP contribution is -2.18. The highest BCUT2D eigenvalue weighted by Gasteiger charge is 2.29. The van der Waals surface area contributed by atoms with E-state index in [0.717, 1.165) is 22.3 Å². The Bertz CT molecular complexity index is 1290. The molecule has 2 N–H and O–H groups in total. The number of nitrogens with one attached hydrogen (secondary N) is 1. The van der Waals surface area contributed by atoms with Crippen LogP contribution in [0.5, 0.6) is 0 Å². The molecule has 0 atom stereocenters. The number of hydrogen-bond acceptors (Lipinski definition) is 4. The Morgan fingerprint density at radius 1 is 0.903 bits per heavy atom. The zero-order chi connectivity index (χ0) is 21.4. The number of fused-ring (bicyclic) bond motifs is 4. The smallest absolute Gasteiger partial charge is 0.411 e. The molecule has 0 saturated heterocycles. The van der Waals surface area contributed by atoms with Crippen molar-refractivity contribution in [3.05, 3.63) is 95.8 Å². The summed E-state index contributed by atoms with van der Waals surface area (Å²) in [5.41, 5.74) is 5.19. The van der Waals surface area contributed by atoms with Gasteiger partial charge < -0.3 is 9.84 Å². The molecule has 0 fully saturated rings. The molecule has 0 saturated carbocycles. The monoisotopic (exact) mass is 410 g/mol. The van der Waals surface area contributed by atoms with E-state index in [9.17, 15) is 14.7 Å². The molecule has 31 heavy (non-hydrogen) atoms. The van der Waals surface area contributed by atoms with Crippen LogP contribution in [-0.4, -0.2) is 28.8 Å². The first kappa shape index (κ1) is 18.8. The van der Waals surface area contributed by atoms with Gasteiger partial charge in [0.15, 0.2) is 0 Å². The number of aromatic nitrogens is 1. The maximum Gasteiger partial charge on any atom is 0.411 e. The van der Waals surface area contributed by atoms with Crippen molar-refractivity contribution in [3.63, 3.8) is 0 Å². The van der Waals surface area contributed by atoms with Gasteiger partial charge in [0.25, 0.3) is 0 Å². The molecule has 6 heteroatoms. The lowest BCUT2D eigenvalue weighted by molar-refractivity contribution is 0.0699. The van der Waals surface area contributed by atoms with Crippen molar-refractivity contribution in [3.8, 4) is 11.1 Å². The summed E-state index contributed by atoms with van der Waals surface area (Å²) in [7, 11) is 0. The van der Waals surface area contributed by atoms with E-state index in [1.807, 2.05) is 24.3 Å². The molecule has 0 spiro atoms. The lowest BCUT2D eigenvalue weighted by Gasteiger charge is -2.15. The molecule has 5 rings (SSSR count). The van der Waals surface area contributed by atoms with E-state index in [1.54, 1.807) is 12.1 Å². The number of carbonyl (C=O) groups is 2. The number of carboxylic acid groups (broad SMARTS) is 1. The molecule has 0 radical (unpaired) electrons. The first-order valence-electron chi connectivity index (χ1n) is 9.85. The number of nitrogens with zero attached hydrogens (tertiary/aromatic N) is 1. The number of rotatable bonds is 4. The van der Waals surface area contributed by atoms with E-state index in [4.69, 9.17) is 4.74 Å². The highest BCUT2D eigenvalue weighted by Crippen LogP contribution is 2.44. The number of pyridine rings is 1. The molecule has 0 unspecified atom stereocenters. The van der Waals surface area contributed by atoms with E-state index in [2.05, 4.69) is 34.6 Å². The predicted molar refractivity (Wildman–Crippen MR) is 117 cm³/mol. The number of carboxylic acids is 1. The quantitative estimate of drug-likeness (QED) is 0.477. The van der Waals surface area contributed by atoms with Gasteiger partial charge in [-0.3, -0.25) is 10.3 Å². The summed E-state index contributed by atoms with van der Waals surface area (Å²) in [6.07, 6.45) is 2.45. The van der Waals surface area contributed by atoms with Gasteiger partial charge in [-0.05, 0) is 40.5 Å². The van der Waals surface area contributed by atoms with Crippen LogP contribution in [0.3, 0.4) is 0 Å². The van der Waals surface area contributed by atoms with E-state index in [1.165, 1.54) is 18.5 Å². The van der Waals surface area contributed by atoms with Crippen LogP contribution in [0.25, 0.3) is 21.9 Å². The van der Waals surface area contributed by atoms with Crippen LogP contribution >= 0.6 is 0 Å². The Hall–Kier alpha value is -4.19. The summed E-state index contributed by atoms with van der Waals surface area (Å²) < 4.78 is 5.58. The second-order valence-corrected chi connectivity index (χ2v) is 7.34. The second-order valence-electron chi connectivity index (χ2n) is 7.34. The highest BCUT2D eigenvalue weighted by molar-refractivity contribution is 6.09. The number of aromatic carboxylic acids is 1. The third kappa shape index (κ3) is 3.28. The van der Waals surface area contributed by atoms with Crippen molar-refractivity contribution in [2.45, 2.75) is 5.92 Å². The Morgan fingerprint density at radius 2 is 1.58 bits per heavy atom. The Balaban J connectivity index is 1.37. The molecule has 0 aliphatic heterocycles. The Kier molecular flexibility index (Phi) is 4.59. The van der Waals surface area contributed by atoms with Crippen LogP contribution in [0.2, 0.25) is 0 Å². The molecular formula is C25H18N2O4. The van der Waals surface area contributed by atoms with Gasteiger partial charge in [0.05, 0.1) is 11.3 Å². The number of anilines is 1. The normalized spacial score (nSPS) is 12.3. The average molecular weight is 410 g/mol. The van der Waals surface area contributed by atoms with Crippen molar-refractivity contribution in [2.75, 3.05) is 11.9 Å². The number of benzene rings is 3. The van der Waals surface area contributed by atoms with Crippen molar-refractivity contribution in [2.24, 2.45) is 0 Å². The molecule has 3 aromatic carbocycles. The SMILES string of the molecule is O=C(Nc1ccc(C(=O)O)c2ccncc12)OCC1c2ccccc2-c2ccccc21. The van der Waals surface area contributed by atoms with Crippen LogP contribution in [0.1, 0.15) is 27.4 Å². The van der Waals surface area contributed by atoms with Gasteiger partial charge in [-0.2, -0.15) is 0 Å². The Labute approximate surface area is 178 Å². The predicted octanol–water partition coefficient (Wildman–Crippen LogP) is 5.29. The number of hydrogen-bond donors (Lipinski definition) is 2. The minimum absolute atomic E-state index is 0.0362. The summed E-state index contributed by atoms with van der Waals surface area (Å²) in [4.78, 5) is 28.1. The van der Waals surface area contributed by atoms with Crippen LogP contribution in [0.4, 0.5) is 10.5 Å². The molecule has 1 heterocycles. The van der Waals surface area contributed by atoms with Gasteiger partial charge >= 0.3 is 12.1 Å². The molecular weight excluding hydrogens is 392 g/mol. The summed E-state index contributed by atoms with van der Waals surface area (Å²) in [5.74, 6) is -1.07. The van der Waals surface area contributed by atoms with Crippen LogP contribution < -0.4 is 5.32 Å². The van der Waals surface area contributed by atoms with Gasteiger partial charge in [0.1, 0.15) is 6.61 Å². The first-order chi connectivity index (χ1) is 15.1. The van der Waals surface area contributed by atoms with E-state index in [-0.39, 0.29) is 18.1 Å². The zero-order valence-corrected chi connectivity index (χ0v) is 16.4. The molecule has 1 aliphatic rings. The van der Waals surface area contributed by atoms with Gasteiger partial charge in [0, 0.05) is 29.1 Å². The standard InChI is InChI=1S/C25H18N2O4/c28-24(29)20-9-10-23(21-13-26-12-11-19(20)21)27-25(30)31-14-22-17-7-3-1-5-15(17)16-6-2-4-8-18(16)22/h1-13,22H,14H2,(H,27,30)(H,28,29). The Morgan fingerprint density at radius 3 is 2.26 bits per heavy atom. The van der Waals surface area contributed by atoms with Gasteiger partial charge in [-0.25, -0.2) is 9.59 Å². The van der Waals surface area contributed by atoms with E-state index < -0.39 is 12.1 Å². The van der Waals surface area contributed by atoms with E-state index in [0.29, 0.717) is 16.5 Å². The van der Waals surface area contributed by atoms with Crippen molar-refractivity contribution in [1.29, 1.82) is 0 Å². The second kappa shape index (κ2) is 7.57. The molecule has 0 bridgehead atoms. The number of carbonyl (C=O) groups excluding carboxylic acids is 1. The number of ether oxygens (including phenoxy) is 1. The maximum atomic E-state index is 12.6. The fourth-order valence-corrected chi connectivity index (χ4v) is 4.23. The topological polar surface area (TPSA) is 88.5 Å². The van der Waals surface area contributed by atoms with Gasteiger partial charge in [0.2, 0.25) is 0 Å². The molecule has 1 amide bonds. The zero-order valence-electron chi connectivity index (χ0n) is 16.4. The average Bonchev–Trinajstić information content (AvgIpc) is 3.11. The lowest BCUT2D eigenvalue weighted by atomic mass is 9.98. The number of amides is 1. The molecule has 1 aliphatic carbocycles. The van der Waals surface area contributed by atoms with Crippen molar-refractivity contribution < 1.29 is 19.4 Å². The fraction of sp³-hybridized carbons (Fsp3) is 0.0800. The summed E-state index contributed by atoms with van der Waals surface area (Å²) in [6.45, 7) is 0.198. The third-order valence-corrected chi connectivity index (χ3v) is 5.63. The maximum absolute atomic E-state index is 12.6. The summed E-state index contributed by atoms with van der Waals surface area (Å²) in [5, 5.41) is 13.2.